The van der Waals surface area contributed by atoms with E-state index in [1.54, 1.807) is 6.08 Å². The standard InChI is InChI=1S/C75H147NO5/c1-3-5-7-9-11-13-15-17-19-21-22-29-32-36-39-43-47-51-55-59-63-67-73(78)72(71-77)76-74(79)68-64-60-56-52-48-44-40-37-33-30-27-25-23-24-26-28-31-34-38-42-46-50-54-58-62-66-70-81-75(80)69-65-61-57-53-49-45-41-35-20-18-16-14-12-10-8-6-4-2/h63,67,72-73,77-78H,3-62,64-66,68-71H2,1-2H3,(H,76,79)/b67-63+. The van der Waals surface area contributed by atoms with Crippen molar-refractivity contribution in [3.63, 3.8) is 0 Å². The smallest absolute Gasteiger partial charge is 0.305 e. The van der Waals surface area contributed by atoms with Gasteiger partial charge in [-0.15, -0.1) is 0 Å². The van der Waals surface area contributed by atoms with Crippen LogP contribution in [0.25, 0.3) is 0 Å². The van der Waals surface area contributed by atoms with E-state index in [2.05, 4.69) is 19.2 Å². The quantitative estimate of drug-likeness (QED) is 0.0320. The number of aliphatic hydroxyl groups excluding tert-OH is 2. The van der Waals surface area contributed by atoms with Crippen LogP contribution in [0.1, 0.15) is 431 Å². The van der Waals surface area contributed by atoms with Crippen LogP contribution in [-0.2, 0) is 14.3 Å². The Morgan fingerprint density at radius 3 is 0.840 bits per heavy atom. The Labute approximate surface area is 508 Å². The van der Waals surface area contributed by atoms with Gasteiger partial charge in [-0.3, -0.25) is 9.59 Å². The number of amides is 1. The number of unbranched alkanes of at least 4 members (excludes halogenated alkanes) is 60. The van der Waals surface area contributed by atoms with Crippen LogP contribution in [0.15, 0.2) is 12.2 Å². The molecule has 0 aromatic heterocycles. The summed E-state index contributed by atoms with van der Waals surface area (Å²) in [6, 6.07) is -0.626. The van der Waals surface area contributed by atoms with Crippen LogP contribution >= 0.6 is 0 Å². The summed E-state index contributed by atoms with van der Waals surface area (Å²) in [7, 11) is 0. The molecule has 0 saturated carbocycles. The van der Waals surface area contributed by atoms with Crippen molar-refractivity contribution in [2.75, 3.05) is 13.2 Å². The van der Waals surface area contributed by atoms with Crippen molar-refractivity contribution in [1.82, 2.24) is 5.32 Å². The van der Waals surface area contributed by atoms with Gasteiger partial charge in [0.2, 0.25) is 5.91 Å². The molecule has 0 heterocycles. The van der Waals surface area contributed by atoms with Crippen LogP contribution in [0.3, 0.4) is 0 Å². The third-order valence-corrected chi connectivity index (χ3v) is 17.8. The zero-order valence-corrected chi connectivity index (χ0v) is 55.3. The van der Waals surface area contributed by atoms with Crippen LogP contribution in [0.4, 0.5) is 0 Å². The molecule has 3 N–H and O–H groups in total. The lowest BCUT2D eigenvalue weighted by Gasteiger charge is -2.20. The van der Waals surface area contributed by atoms with Crippen molar-refractivity contribution < 1.29 is 24.5 Å². The van der Waals surface area contributed by atoms with Gasteiger partial charge in [0.15, 0.2) is 0 Å². The highest BCUT2D eigenvalue weighted by Gasteiger charge is 2.18. The summed E-state index contributed by atoms with van der Waals surface area (Å²) in [5.41, 5.74) is 0. The van der Waals surface area contributed by atoms with Crippen molar-refractivity contribution in [2.24, 2.45) is 0 Å². The minimum Gasteiger partial charge on any atom is -0.466 e. The number of esters is 1. The second-order valence-electron chi connectivity index (χ2n) is 26.0. The van der Waals surface area contributed by atoms with Crippen LogP contribution < -0.4 is 5.32 Å². The van der Waals surface area contributed by atoms with Gasteiger partial charge in [-0.05, 0) is 32.1 Å². The molecule has 2 unspecified atom stereocenters. The van der Waals surface area contributed by atoms with Crippen molar-refractivity contribution in [1.29, 1.82) is 0 Å². The highest BCUT2D eigenvalue weighted by molar-refractivity contribution is 5.76. The first-order chi connectivity index (χ1) is 40.0. The number of hydrogen-bond acceptors (Lipinski definition) is 5. The molecule has 0 bridgehead atoms. The topological polar surface area (TPSA) is 95.9 Å². The van der Waals surface area contributed by atoms with E-state index in [1.165, 1.54) is 366 Å². The van der Waals surface area contributed by atoms with Gasteiger partial charge >= 0.3 is 5.97 Å². The third-order valence-electron chi connectivity index (χ3n) is 17.8. The molecular weight excluding hydrogens is 995 g/mol. The molecule has 6 nitrogen and oxygen atoms in total. The minimum absolute atomic E-state index is 0.0221. The summed E-state index contributed by atoms with van der Waals surface area (Å²) in [5.74, 6) is -0.0386. The Kier molecular flexibility index (Phi) is 69.9. The molecule has 81 heavy (non-hydrogen) atoms. The predicted octanol–water partition coefficient (Wildman–Crippen LogP) is 24.3. The lowest BCUT2D eigenvalue weighted by molar-refractivity contribution is -0.143. The number of nitrogens with one attached hydrogen (secondary N) is 1. The molecule has 0 aliphatic rings. The summed E-state index contributed by atoms with van der Waals surface area (Å²) in [5, 5.41) is 23.3. The fraction of sp³-hybridized carbons (Fsp3) is 0.947. The van der Waals surface area contributed by atoms with Crippen molar-refractivity contribution >= 4 is 11.9 Å². The number of carbonyl (C=O) groups is 2. The molecule has 1 amide bonds. The summed E-state index contributed by atoms with van der Waals surface area (Å²) in [6.45, 7) is 4.96. The monoisotopic (exact) mass is 1140 g/mol. The van der Waals surface area contributed by atoms with Crippen LogP contribution in [0.2, 0.25) is 0 Å². The molecule has 0 radical (unpaired) electrons. The summed E-state index contributed by atoms with van der Waals surface area (Å²) in [4.78, 5) is 24.6. The molecule has 0 saturated heterocycles. The lowest BCUT2D eigenvalue weighted by atomic mass is 10.0. The molecule has 6 heteroatoms. The van der Waals surface area contributed by atoms with Crippen molar-refractivity contribution in [3.8, 4) is 0 Å². The van der Waals surface area contributed by atoms with Crippen LogP contribution in [0, 0.1) is 0 Å². The molecule has 2 atom stereocenters. The number of allylic oxidation sites excluding steroid dienone is 1. The number of ether oxygens (including phenoxy) is 1. The van der Waals surface area contributed by atoms with Gasteiger partial charge in [-0.25, -0.2) is 0 Å². The highest BCUT2D eigenvalue weighted by atomic mass is 16.5. The summed E-state index contributed by atoms with van der Waals surface area (Å²) in [6.07, 6.45) is 88.8. The first-order valence-electron chi connectivity index (χ1n) is 37.5. The van der Waals surface area contributed by atoms with Crippen LogP contribution in [0.5, 0.6) is 0 Å². The molecule has 0 spiro atoms. The van der Waals surface area contributed by atoms with Gasteiger partial charge in [0.05, 0.1) is 25.4 Å². The second kappa shape index (κ2) is 71.1. The molecule has 0 aliphatic heterocycles. The molecule has 0 aromatic carbocycles. The number of rotatable bonds is 71. The zero-order chi connectivity index (χ0) is 58.5. The SMILES string of the molecule is CCCCCCCCCCCCCCCCCCCCC/C=C/C(O)C(CO)NC(=O)CCCCCCCCCCCCCCCCCCCCCCCCCCCCOC(=O)CCCCCCCCCCCCCCCCCCC. The fourth-order valence-corrected chi connectivity index (χ4v) is 12.1. The predicted molar refractivity (Wildman–Crippen MR) is 357 cm³/mol. The fourth-order valence-electron chi connectivity index (χ4n) is 12.1. The number of hydrogen-bond donors (Lipinski definition) is 3. The largest absolute Gasteiger partial charge is 0.466 e. The van der Waals surface area contributed by atoms with Crippen molar-refractivity contribution in [2.45, 2.75) is 443 Å². The maximum absolute atomic E-state index is 12.5. The minimum atomic E-state index is -0.843. The molecule has 0 rings (SSSR count). The average molecular weight is 1140 g/mol. The normalized spacial score (nSPS) is 12.5. The Balaban J connectivity index is 3.36. The lowest BCUT2D eigenvalue weighted by Crippen LogP contribution is -2.45. The summed E-state index contributed by atoms with van der Waals surface area (Å²) >= 11 is 0. The maximum atomic E-state index is 12.5. The molecular formula is C75H147NO5. The van der Waals surface area contributed by atoms with E-state index in [9.17, 15) is 19.8 Å². The van der Waals surface area contributed by atoms with Gasteiger partial charge in [-0.2, -0.15) is 0 Å². The van der Waals surface area contributed by atoms with E-state index in [4.69, 9.17) is 4.74 Å². The average Bonchev–Trinajstić information content (AvgIpc) is 3.47. The molecule has 0 fully saturated rings. The van der Waals surface area contributed by atoms with Gasteiger partial charge in [0, 0.05) is 12.8 Å². The van der Waals surface area contributed by atoms with E-state index in [-0.39, 0.29) is 18.5 Å². The zero-order valence-electron chi connectivity index (χ0n) is 55.3. The van der Waals surface area contributed by atoms with E-state index < -0.39 is 12.1 Å². The molecule has 0 aromatic rings. The van der Waals surface area contributed by atoms with Gasteiger partial charge < -0.3 is 20.3 Å². The van der Waals surface area contributed by atoms with E-state index in [0.29, 0.717) is 19.4 Å². The van der Waals surface area contributed by atoms with Gasteiger partial charge in [0.25, 0.3) is 0 Å². The Morgan fingerprint density at radius 1 is 0.333 bits per heavy atom. The Hall–Kier alpha value is -1.40. The number of carbonyl (C=O) groups excluding carboxylic acids is 2. The Morgan fingerprint density at radius 2 is 0.568 bits per heavy atom. The first kappa shape index (κ1) is 79.6. The number of aliphatic hydroxyl groups is 2. The summed E-state index contributed by atoms with van der Waals surface area (Å²) < 4.78 is 5.51. The van der Waals surface area contributed by atoms with E-state index in [1.807, 2.05) is 6.08 Å². The third kappa shape index (κ3) is 67.6. The Bertz CT molecular complexity index is 1220. The van der Waals surface area contributed by atoms with Crippen LogP contribution in [-0.4, -0.2) is 47.4 Å². The van der Waals surface area contributed by atoms with E-state index >= 15 is 0 Å². The van der Waals surface area contributed by atoms with E-state index in [0.717, 1.165) is 38.5 Å². The molecule has 482 valence electrons. The second-order valence-corrected chi connectivity index (χ2v) is 26.0. The van der Waals surface area contributed by atoms with Crippen molar-refractivity contribution in [3.05, 3.63) is 12.2 Å². The molecule has 0 aliphatic carbocycles. The van der Waals surface area contributed by atoms with Gasteiger partial charge in [-0.1, -0.05) is 398 Å². The van der Waals surface area contributed by atoms with Gasteiger partial charge in [0.1, 0.15) is 0 Å². The first-order valence-corrected chi connectivity index (χ1v) is 37.5. The maximum Gasteiger partial charge on any atom is 0.305 e. The highest BCUT2D eigenvalue weighted by Crippen LogP contribution is 2.20.